The third-order valence-electron chi connectivity index (χ3n) is 4.27. The number of nitrogens with one attached hydrogen (secondary N) is 2. The van der Waals surface area contributed by atoms with Gasteiger partial charge in [0.05, 0.1) is 11.1 Å². The smallest absolute Gasteiger partial charge is 0.259 e. The molecule has 0 atom stereocenters. The second-order valence-electron chi connectivity index (χ2n) is 6.22. The number of nitrogens with zero attached hydrogens (tertiary/aromatic N) is 1. The summed E-state index contributed by atoms with van der Waals surface area (Å²) < 4.78 is 0. The molecule has 5 heteroatoms. The molecule has 136 valence electrons. The lowest BCUT2D eigenvalue weighted by Gasteiger charge is -2.12. The van der Waals surface area contributed by atoms with Crippen LogP contribution in [-0.2, 0) is 0 Å². The first-order valence-corrected chi connectivity index (χ1v) is 8.83. The van der Waals surface area contributed by atoms with Crippen LogP contribution in [0, 0.1) is 0 Å². The number of carbonyl (C=O) groups is 2. The zero-order chi connectivity index (χ0) is 19.3. The van der Waals surface area contributed by atoms with Gasteiger partial charge in [0, 0.05) is 16.6 Å². The van der Waals surface area contributed by atoms with Crippen molar-refractivity contribution in [1.82, 2.24) is 4.98 Å². The molecule has 0 radical (unpaired) electrons. The van der Waals surface area contributed by atoms with Crippen molar-refractivity contribution < 1.29 is 9.59 Å². The minimum absolute atomic E-state index is 0.223. The van der Waals surface area contributed by atoms with E-state index in [1.807, 2.05) is 48.5 Å². The fourth-order valence-corrected chi connectivity index (χ4v) is 2.87. The van der Waals surface area contributed by atoms with E-state index in [0.29, 0.717) is 22.3 Å². The molecule has 0 spiro atoms. The van der Waals surface area contributed by atoms with Gasteiger partial charge in [0.25, 0.3) is 11.8 Å². The first-order chi connectivity index (χ1) is 13.7. The zero-order valence-electron chi connectivity index (χ0n) is 14.9. The number of fused-ring (bicyclic) bond motifs is 1. The van der Waals surface area contributed by atoms with E-state index in [1.54, 1.807) is 42.5 Å². The number of anilines is 2. The molecule has 0 saturated heterocycles. The lowest BCUT2D eigenvalue weighted by atomic mass is 10.1. The molecule has 0 saturated carbocycles. The molecule has 0 aliphatic carbocycles. The highest BCUT2D eigenvalue weighted by Gasteiger charge is 2.17. The van der Waals surface area contributed by atoms with E-state index in [0.717, 1.165) is 5.39 Å². The zero-order valence-corrected chi connectivity index (χ0v) is 14.9. The summed E-state index contributed by atoms with van der Waals surface area (Å²) >= 11 is 0. The number of rotatable bonds is 4. The predicted octanol–water partition coefficient (Wildman–Crippen LogP) is 4.74. The molecule has 3 aromatic carbocycles. The van der Waals surface area contributed by atoms with E-state index >= 15 is 0 Å². The molecule has 0 fully saturated rings. The first kappa shape index (κ1) is 17.4. The largest absolute Gasteiger partial charge is 0.322 e. The molecule has 0 aliphatic heterocycles. The molecular weight excluding hydrogens is 350 g/mol. The highest BCUT2D eigenvalue weighted by molar-refractivity contribution is 6.13. The molecule has 0 aliphatic rings. The van der Waals surface area contributed by atoms with E-state index in [4.69, 9.17) is 0 Å². The lowest BCUT2D eigenvalue weighted by molar-refractivity contribution is 0.102. The maximum atomic E-state index is 12.9. The highest BCUT2D eigenvalue weighted by Crippen LogP contribution is 2.22. The molecular formula is C23H17N3O2. The molecule has 28 heavy (non-hydrogen) atoms. The second-order valence-corrected chi connectivity index (χ2v) is 6.22. The number of pyridine rings is 1. The summed E-state index contributed by atoms with van der Waals surface area (Å²) in [5.41, 5.74) is 2.15. The molecule has 2 N–H and O–H groups in total. The van der Waals surface area contributed by atoms with Crippen molar-refractivity contribution in [3.8, 4) is 0 Å². The SMILES string of the molecule is O=C(Nc1nc2ccccc2cc1C(=O)Nc1ccccc1)c1ccccc1. The summed E-state index contributed by atoms with van der Waals surface area (Å²) in [7, 11) is 0. The Morgan fingerprint density at radius 3 is 2.07 bits per heavy atom. The minimum atomic E-state index is -0.340. The van der Waals surface area contributed by atoms with E-state index in [2.05, 4.69) is 15.6 Å². The summed E-state index contributed by atoms with van der Waals surface area (Å²) in [4.78, 5) is 30.0. The molecule has 0 unspecified atom stereocenters. The number of carbonyl (C=O) groups excluding carboxylic acids is 2. The number of hydrogen-bond donors (Lipinski definition) is 2. The number of aromatic nitrogens is 1. The fourth-order valence-electron chi connectivity index (χ4n) is 2.87. The van der Waals surface area contributed by atoms with E-state index in [9.17, 15) is 9.59 Å². The van der Waals surface area contributed by atoms with Gasteiger partial charge in [-0.15, -0.1) is 0 Å². The van der Waals surface area contributed by atoms with Crippen LogP contribution in [0.3, 0.4) is 0 Å². The van der Waals surface area contributed by atoms with Crippen molar-refractivity contribution in [3.05, 3.63) is 102 Å². The predicted molar refractivity (Wildman–Crippen MR) is 111 cm³/mol. The molecule has 5 nitrogen and oxygen atoms in total. The molecule has 0 bridgehead atoms. The van der Waals surface area contributed by atoms with Crippen LogP contribution in [0.1, 0.15) is 20.7 Å². The van der Waals surface area contributed by atoms with Crippen LogP contribution in [0.25, 0.3) is 10.9 Å². The minimum Gasteiger partial charge on any atom is -0.322 e. The highest BCUT2D eigenvalue weighted by atomic mass is 16.2. The molecule has 2 amide bonds. The number of amides is 2. The maximum absolute atomic E-state index is 12.9. The van der Waals surface area contributed by atoms with Gasteiger partial charge in [0.2, 0.25) is 0 Å². The Kier molecular flexibility index (Phi) is 4.80. The molecule has 1 heterocycles. The average Bonchev–Trinajstić information content (AvgIpc) is 2.74. The van der Waals surface area contributed by atoms with Gasteiger partial charge in [-0.05, 0) is 36.4 Å². The van der Waals surface area contributed by atoms with Gasteiger partial charge in [-0.3, -0.25) is 9.59 Å². The van der Waals surface area contributed by atoms with Gasteiger partial charge in [-0.25, -0.2) is 4.98 Å². The third-order valence-corrected chi connectivity index (χ3v) is 4.27. The van der Waals surface area contributed by atoms with Crippen LogP contribution >= 0.6 is 0 Å². The van der Waals surface area contributed by atoms with Crippen molar-refractivity contribution in [3.63, 3.8) is 0 Å². The molecule has 4 aromatic rings. The van der Waals surface area contributed by atoms with Gasteiger partial charge in [-0.1, -0.05) is 54.6 Å². The van der Waals surface area contributed by atoms with Crippen LogP contribution in [0.4, 0.5) is 11.5 Å². The van der Waals surface area contributed by atoms with Crippen LogP contribution in [0.5, 0.6) is 0 Å². The fraction of sp³-hybridized carbons (Fsp3) is 0. The normalized spacial score (nSPS) is 10.4. The standard InChI is InChI=1S/C23H17N3O2/c27-22(16-9-3-1-4-10-16)26-21-19(15-17-11-7-8-14-20(17)25-21)23(28)24-18-12-5-2-6-13-18/h1-15H,(H,24,28)(H,25,26,27). The van der Waals surface area contributed by atoms with Crippen molar-refractivity contribution in [1.29, 1.82) is 0 Å². The Labute approximate surface area is 162 Å². The van der Waals surface area contributed by atoms with Crippen LogP contribution in [0.15, 0.2) is 91.0 Å². The van der Waals surface area contributed by atoms with Gasteiger partial charge in [0.1, 0.15) is 5.82 Å². The van der Waals surface area contributed by atoms with Crippen LogP contribution in [-0.4, -0.2) is 16.8 Å². The van der Waals surface area contributed by atoms with Crippen molar-refractivity contribution >= 4 is 34.2 Å². The monoisotopic (exact) mass is 367 g/mol. The van der Waals surface area contributed by atoms with E-state index < -0.39 is 0 Å². The van der Waals surface area contributed by atoms with Gasteiger partial charge < -0.3 is 10.6 Å². The number of para-hydroxylation sites is 2. The Morgan fingerprint density at radius 2 is 1.32 bits per heavy atom. The summed E-state index contributed by atoms with van der Waals surface area (Å²) in [6.45, 7) is 0. The van der Waals surface area contributed by atoms with Crippen molar-refractivity contribution in [2.45, 2.75) is 0 Å². The lowest BCUT2D eigenvalue weighted by Crippen LogP contribution is -2.19. The summed E-state index contributed by atoms with van der Waals surface area (Å²) in [6, 6.07) is 27.2. The van der Waals surface area contributed by atoms with Gasteiger partial charge in [0.15, 0.2) is 0 Å². The Balaban J connectivity index is 1.72. The molecule has 4 rings (SSSR count). The number of benzene rings is 3. The Morgan fingerprint density at radius 1 is 0.679 bits per heavy atom. The van der Waals surface area contributed by atoms with Crippen LogP contribution in [0.2, 0.25) is 0 Å². The summed E-state index contributed by atoms with van der Waals surface area (Å²) in [6.07, 6.45) is 0. The van der Waals surface area contributed by atoms with Crippen molar-refractivity contribution in [2.24, 2.45) is 0 Å². The Bertz CT molecular complexity index is 1140. The summed E-state index contributed by atoms with van der Waals surface area (Å²) in [5.74, 6) is -0.439. The third kappa shape index (κ3) is 3.73. The Hall–Kier alpha value is -3.99. The van der Waals surface area contributed by atoms with E-state index in [-0.39, 0.29) is 17.6 Å². The molecule has 1 aromatic heterocycles. The topological polar surface area (TPSA) is 71.1 Å². The van der Waals surface area contributed by atoms with Gasteiger partial charge >= 0.3 is 0 Å². The quantitative estimate of drug-likeness (QED) is 0.547. The van der Waals surface area contributed by atoms with Crippen LogP contribution < -0.4 is 10.6 Å². The average molecular weight is 367 g/mol. The second kappa shape index (κ2) is 7.72. The van der Waals surface area contributed by atoms with Gasteiger partial charge in [-0.2, -0.15) is 0 Å². The van der Waals surface area contributed by atoms with E-state index in [1.165, 1.54) is 0 Å². The first-order valence-electron chi connectivity index (χ1n) is 8.83. The maximum Gasteiger partial charge on any atom is 0.259 e. The summed E-state index contributed by atoms with van der Waals surface area (Å²) in [5, 5.41) is 6.44. The number of hydrogen-bond acceptors (Lipinski definition) is 3. The van der Waals surface area contributed by atoms with Crippen molar-refractivity contribution in [2.75, 3.05) is 10.6 Å².